The third-order valence-corrected chi connectivity index (χ3v) is 8.64. The molecule has 2 heterocycles. The molecule has 0 N–H and O–H groups in total. The first-order valence-electron chi connectivity index (χ1n) is 11.5. The summed E-state index contributed by atoms with van der Waals surface area (Å²) >= 11 is 24.5. The van der Waals surface area contributed by atoms with Crippen molar-refractivity contribution in [3.63, 3.8) is 0 Å². The Hall–Kier alpha value is -2.91. The molecule has 194 valence electrons. The normalized spacial score (nSPS) is 29.6. The van der Waals surface area contributed by atoms with Crippen LogP contribution in [0.25, 0.3) is 0 Å². The third-order valence-electron chi connectivity index (χ3n) is 7.76. The number of methoxy groups -OCH3 is 1. The number of hydrogen-bond donors (Lipinski definition) is 0. The average molecular weight is 594 g/mol. The zero-order valence-corrected chi connectivity index (χ0v) is 22.4. The van der Waals surface area contributed by atoms with Crippen molar-refractivity contribution in [2.75, 3.05) is 16.9 Å². The number of hydrogen-bond acceptors (Lipinski definition) is 6. The van der Waals surface area contributed by atoms with E-state index in [1.54, 1.807) is 0 Å². The molecule has 0 spiro atoms. The molecule has 2 bridgehead atoms. The van der Waals surface area contributed by atoms with Gasteiger partial charge in [0, 0.05) is 37.5 Å². The monoisotopic (exact) mass is 592 g/mol. The summed E-state index contributed by atoms with van der Waals surface area (Å²) in [4.78, 5) is 69.9. The molecule has 6 atom stereocenters. The maximum absolute atomic E-state index is 13.8. The number of carbonyl (C=O) groups excluding carboxylic acids is 5. The molecular weight excluding hydrogens is 578 g/mol. The van der Waals surface area contributed by atoms with E-state index in [1.807, 2.05) is 0 Å². The Morgan fingerprint density at radius 2 is 1.00 bits per heavy atom. The van der Waals surface area contributed by atoms with Gasteiger partial charge in [-0.25, -0.2) is 14.6 Å². The van der Waals surface area contributed by atoms with Gasteiger partial charge in [0.2, 0.25) is 23.6 Å². The minimum atomic E-state index is -1.06. The molecule has 2 saturated heterocycles. The number of esters is 1. The van der Waals surface area contributed by atoms with Crippen molar-refractivity contribution in [1.29, 1.82) is 0 Å². The summed E-state index contributed by atoms with van der Waals surface area (Å²) in [6.45, 7) is 0. The molecule has 2 unspecified atom stereocenters. The van der Waals surface area contributed by atoms with Gasteiger partial charge in [0.15, 0.2) is 0 Å². The first-order valence-corrected chi connectivity index (χ1v) is 13.0. The van der Waals surface area contributed by atoms with Crippen LogP contribution in [-0.4, -0.2) is 36.7 Å². The van der Waals surface area contributed by atoms with Gasteiger partial charge in [0.25, 0.3) is 0 Å². The van der Waals surface area contributed by atoms with Gasteiger partial charge in [-0.3, -0.25) is 19.2 Å². The first kappa shape index (κ1) is 25.4. The minimum absolute atomic E-state index is 0.0965. The SMILES string of the molecule is COC(=O)C1=CC2[C@H]3C(=O)N(c4cc(Cl)cc(Cl)c4)C(=O)[C@@H]3C1[C@@H]1C(=O)N(c3cc(Cl)cc(Cl)c3)C(=O)[C@@H]21. The largest absolute Gasteiger partial charge is 0.466 e. The molecule has 8 nitrogen and oxygen atoms in total. The van der Waals surface area contributed by atoms with E-state index in [1.165, 1.54) is 49.6 Å². The van der Waals surface area contributed by atoms with Crippen molar-refractivity contribution < 1.29 is 28.7 Å². The van der Waals surface area contributed by atoms with Crippen molar-refractivity contribution in [2.45, 2.75) is 0 Å². The fourth-order valence-electron chi connectivity index (χ4n) is 6.52. The molecule has 2 aromatic rings. The number of anilines is 2. The summed E-state index contributed by atoms with van der Waals surface area (Å²) in [5, 5.41) is 0.879. The highest BCUT2D eigenvalue weighted by Crippen LogP contribution is 2.61. The Labute approximate surface area is 236 Å². The Bertz CT molecular complexity index is 1390. The smallest absolute Gasteiger partial charge is 0.333 e. The van der Waals surface area contributed by atoms with Gasteiger partial charge >= 0.3 is 5.97 Å². The zero-order chi connectivity index (χ0) is 27.2. The molecule has 12 heteroatoms. The standard InChI is InChI=1S/C26H16Cl4N2O6/c1-38-26(37)16-8-15-18-20(24(35)31(22(18)33)13-4-9(27)2-10(28)5-13)17(16)21-19(15)23(34)32(25(21)36)14-6-11(29)3-12(30)7-14/h2-8,15,17-21H,1H3/t15?,17?,18-,19+,20-,21+. The lowest BCUT2D eigenvalue weighted by atomic mass is 9.52. The summed E-state index contributed by atoms with van der Waals surface area (Å²) in [5.74, 6) is -9.10. The maximum atomic E-state index is 13.8. The molecule has 5 aliphatic rings. The number of nitrogens with zero attached hydrogens (tertiary/aromatic N) is 2. The highest BCUT2D eigenvalue weighted by Gasteiger charge is 2.71. The molecule has 2 aliphatic heterocycles. The Morgan fingerprint density at radius 1 is 0.632 bits per heavy atom. The van der Waals surface area contributed by atoms with Crippen molar-refractivity contribution in [3.05, 3.63) is 68.1 Å². The number of amides is 4. The van der Waals surface area contributed by atoms with Crippen LogP contribution in [0, 0.1) is 35.5 Å². The van der Waals surface area contributed by atoms with E-state index in [2.05, 4.69) is 0 Å². The van der Waals surface area contributed by atoms with Gasteiger partial charge in [-0.1, -0.05) is 52.5 Å². The maximum Gasteiger partial charge on any atom is 0.333 e. The lowest BCUT2D eigenvalue weighted by Crippen LogP contribution is -2.53. The van der Waals surface area contributed by atoms with E-state index < -0.39 is 65.1 Å². The number of halogens is 4. The molecule has 0 radical (unpaired) electrons. The number of benzene rings is 2. The van der Waals surface area contributed by atoms with Crippen LogP contribution in [0.15, 0.2) is 48.0 Å². The lowest BCUT2D eigenvalue weighted by Gasteiger charge is -2.46. The fourth-order valence-corrected chi connectivity index (χ4v) is 7.55. The van der Waals surface area contributed by atoms with Crippen LogP contribution in [0.2, 0.25) is 20.1 Å². The molecule has 4 amide bonds. The van der Waals surface area contributed by atoms with Crippen molar-refractivity contribution >= 4 is 87.4 Å². The number of carbonyl (C=O) groups is 5. The summed E-state index contributed by atoms with van der Waals surface area (Å²) in [7, 11) is 1.18. The molecule has 0 aromatic heterocycles. The van der Waals surface area contributed by atoms with E-state index in [-0.39, 0.29) is 37.0 Å². The molecule has 3 fully saturated rings. The van der Waals surface area contributed by atoms with Gasteiger partial charge in [0.1, 0.15) is 0 Å². The molecule has 7 rings (SSSR count). The fraction of sp³-hybridized carbons (Fsp3) is 0.269. The third kappa shape index (κ3) is 3.47. The number of allylic oxidation sites excluding steroid dienone is 1. The van der Waals surface area contributed by atoms with E-state index in [0.29, 0.717) is 0 Å². The van der Waals surface area contributed by atoms with Crippen molar-refractivity contribution in [2.24, 2.45) is 35.5 Å². The van der Waals surface area contributed by atoms with E-state index in [9.17, 15) is 24.0 Å². The second kappa shape index (κ2) is 8.81. The van der Waals surface area contributed by atoms with Crippen LogP contribution in [0.5, 0.6) is 0 Å². The molecule has 1 saturated carbocycles. The van der Waals surface area contributed by atoms with Crippen LogP contribution in [0.3, 0.4) is 0 Å². The van der Waals surface area contributed by atoms with Crippen LogP contribution in [0.1, 0.15) is 0 Å². The summed E-state index contributed by atoms with van der Waals surface area (Å²) in [6, 6.07) is 8.64. The summed E-state index contributed by atoms with van der Waals surface area (Å²) in [5.41, 5.74) is 0.437. The van der Waals surface area contributed by atoms with E-state index in [0.717, 1.165) is 9.80 Å². The van der Waals surface area contributed by atoms with Crippen LogP contribution in [-0.2, 0) is 28.7 Å². The Balaban J connectivity index is 1.48. The van der Waals surface area contributed by atoms with Crippen LogP contribution < -0.4 is 9.80 Å². The van der Waals surface area contributed by atoms with Crippen LogP contribution >= 0.6 is 46.4 Å². The Kier molecular flexibility index (Phi) is 5.88. The summed E-state index contributed by atoms with van der Waals surface area (Å²) in [6.07, 6.45) is 1.51. The average Bonchev–Trinajstić information content (AvgIpc) is 3.28. The highest BCUT2D eigenvalue weighted by atomic mass is 35.5. The molecular formula is C26H16Cl4N2O6. The van der Waals surface area contributed by atoms with Gasteiger partial charge < -0.3 is 4.74 Å². The number of imide groups is 2. The minimum Gasteiger partial charge on any atom is -0.466 e. The van der Waals surface area contributed by atoms with Crippen LogP contribution in [0.4, 0.5) is 11.4 Å². The topological polar surface area (TPSA) is 101 Å². The van der Waals surface area contributed by atoms with Crippen molar-refractivity contribution in [1.82, 2.24) is 0 Å². The molecule has 2 aromatic carbocycles. The molecule has 3 aliphatic carbocycles. The second-order valence-electron chi connectivity index (χ2n) is 9.60. The number of ether oxygens (including phenoxy) is 1. The zero-order valence-electron chi connectivity index (χ0n) is 19.4. The molecule has 38 heavy (non-hydrogen) atoms. The van der Waals surface area contributed by atoms with Gasteiger partial charge in [-0.05, 0) is 36.4 Å². The quantitative estimate of drug-likeness (QED) is 0.382. The lowest BCUT2D eigenvalue weighted by molar-refractivity contribution is -0.145. The van der Waals surface area contributed by atoms with E-state index in [4.69, 9.17) is 51.1 Å². The van der Waals surface area contributed by atoms with Crippen molar-refractivity contribution in [3.8, 4) is 0 Å². The second-order valence-corrected chi connectivity index (χ2v) is 11.3. The predicted octanol–water partition coefficient (Wildman–Crippen LogP) is 4.57. The highest BCUT2D eigenvalue weighted by molar-refractivity contribution is 6.37. The number of rotatable bonds is 3. The first-order chi connectivity index (χ1) is 18.0. The van der Waals surface area contributed by atoms with Gasteiger partial charge in [-0.2, -0.15) is 0 Å². The predicted molar refractivity (Wildman–Crippen MR) is 139 cm³/mol. The summed E-state index contributed by atoms with van der Waals surface area (Å²) < 4.78 is 4.95. The van der Waals surface area contributed by atoms with Gasteiger partial charge in [0.05, 0.1) is 42.2 Å². The Morgan fingerprint density at radius 3 is 1.37 bits per heavy atom. The van der Waals surface area contributed by atoms with E-state index >= 15 is 0 Å². The van der Waals surface area contributed by atoms with Gasteiger partial charge in [-0.15, -0.1) is 0 Å².